The van der Waals surface area contributed by atoms with Crippen molar-refractivity contribution >= 4 is 5.91 Å². The maximum Gasteiger partial charge on any atom is 0.258 e. The van der Waals surface area contributed by atoms with Crippen LogP contribution >= 0.6 is 0 Å². The summed E-state index contributed by atoms with van der Waals surface area (Å²) < 4.78 is 10.4. The highest BCUT2D eigenvalue weighted by Gasteiger charge is 2.17. The fourth-order valence-electron chi connectivity index (χ4n) is 1.76. The van der Waals surface area contributed by atoms with Crippen LogP contribution in [0.25, 0.3) is 0 Å². The molecule has 0 saturated heterocycles. The number of nitrogens with one attached hydrogen (secondary N) is 1. The Kier molecular flexibility index (Phi) is 6.15. The first-order valence-corrected chi connectivity index (χ1v) is 6.24. The van der Waals surface area contributed by atoms with E-state index < -0.39 is 0 Å². The maximum atomic E-state index is 12.2. The van der Waals surface area contributed by atoms with E-state index in [9.17, 15) is 4.79 Å². The Morgan fingerprint density at radius 2 is 1.79 bits per heavy atom. The summed E-state index contributed by atoms with van der Waals surface area (Å²) in [6.45, 7) is 1.56. The lowest BCUT2D eigenvalue weighted by atomic mass is 10.1. The number of carbonyl (C=O) groups is 1. The summed E-state index contributed by atoms with van der Waals surface area (Å²) in [5.74, 6) is 0.863. The van der Waals surface area contributed by atoms with Crippen LogP contribution in [-0.4, -0.2) is 52.2 Å². The third-order valence-corrected chi connectivity index (χ3v) is 2.72. The van der Waals surface area contributed by atoms with E-state index in [4.69, 9.17) is 9.47 Å². The van der Waals surface area contributed by atoms with Gasteiger partial charge in [0.1, 0.15) is 17.1 Å². The Bertz CT molecular complexity index is 397. The number of nitrogens with zero attached hydrogens (tertiary/aromatic N) is 1. The van der Waals surface area contributed by atoms with Crippen LogP contribution in [0.15, 0.2) is 18.2 Å². The van der Waals surface area contributed by atoms with Crippen molar-refractivity contribution in [3.05, 3.63) is 23.8 Å². The standard InChI is InChI=1S/C14H22N2O3/c1-16(2)10-6-9-15-14(17)13-11(18-3)7-5-8-12(13)19-4/h5,7-8H,6,9-10H2,1-4H3,(H,15,17). The Morgan fingerprint density at radius 1 is 1.21 bits per heavy atom. The van der Waals surface area contributed by atoms with Gasteiger partial charge in [-0.15, -0.1) is 0 Å². The zero-order valence-corrected chi connectivity index (χ0v) is 12.0. The molecule has 0 fully saturated rings. The summed E-state index contributed by atoms with van der Waals surface area (Å²) in [4.78, 5) is 14.2. The molecule has 1 N–H and O–H groups in total. The van der Waals surface area contributed by atoms with Gasteiger partial charge in [-0.05, 0) is 39.2 Å². The molecule has 1 amide bonds. The largest absolute Gasteiger partial charge is 0.496 e. The molecule has 0 saturated carbocycles. The average molecular weight is 266 g/mol. The Balaban J connectivity index is 2.70. The third kappa shape index (κ3) is 4.44. The number of rotatable bonds is 7. The van der Waals surface area contributed by atoms with E-state index in [-0.39, 0.29) is 5.91 Å². The number of ether oxygens (including phenoxy) is 2. The lowest BCUT2D eigenvalue weighted by Gasteiger charge is -2.13. The summed E-state index contributed by atoms with van der Waals surface area (Å²) in [5.41, 5.74) is 0.442. The predicted octanol–water partition coefficient (Wildman–Crippen LogP) is 1.39. The number of carbonyl (C=O) groups excluding carboxylic acids is 1. The fourth-order valence-corrected chi connectivity index (χ4v) is 1.76. The van der Waals surface area contributed by atoms with Gasteiger partial charge in [-0.3, -0.25) is 4.79 Å². The minimum absolute atomic E-state index is 0.173. The summed E-state index contributed by atoms with van der Waals surface area (Å²) in [5, 5.41) is 2.88. The van der Waals surface area contributed by atoms with Crippen molar-refractivity contribution in [2.24, 2.45) is 0 Å². The highest BCUT2D eigenvalue weighted by Crippen LogP contribution is 2.27. The zero-order chi connectivity index (χ0) is 14.3. The molecule has 0 radical (unpaired) electrons. The molecule has 0 unspecified atom stereocenters. The second kappa shape index (κ2) is 7.63. The van der Waals surface area contributed by atoms with Crippen molar-refractivity contribution in [1.82, 2.24) is 10.2 Å². The first kappa shape index (κ1) is 15.3. The second-order valence-electron chi connectivity index (χ2n) is 4.45. The van der Waals surface area contributed by atoms with Crippen LogP contribution in [-0.2, 0) is 0 Å². The fraction of sp³-hybridized carbons (Fsp3) is 0.500. The molecule has 1 aromatic carbocycles. The smallest absolute Gasteiger partial charge is 0.258 e. The minimum atomic E-state index is -0.173. The normalized spacial score (nSPS) is 10.4. The van der Waals surface area contributed by atoms with E-state index in [1.807, 2.05) is 14.1 Å². The number of benzene rings is 1. The van der Waals surface area contributed by atoms with Gasteiger partial charge in [0.25, 0.3) is 5.91 Å². The topological polar surface area (TPSA) is 50.8 Å². The molecule has 0 bridgehead atoms. The SMILES string of the molecule is COc1cccc(OC)c1C(=O)NCCCN(C)C. The molecular formula is C14H22N2O3. The van der Waals surface area contributed by atoms with E-state index in [0.29, 0.717) is 23.6 Å². The van der Waals surface area contributed by atoms with Gasteiger partial charge in [0.2, 0.25) is 0 Å². The van der Waals surface area contributed by atoms with Gasteiger partial charge >= 0.3 is 0 Å². The Hall–Kier alpha value is -1.75. The molecule has 5 nitrogen and oxygen atoms in total. The summed E-state index contributed by atoms with van der Waals surface area (Å²) >= 11 is 0. The van der Waals surface area contributed by atoms with Crippen LogP contribution in [0.3, 0.4) is 0 Å². The molecule has 106 valence electrons. The Labute approximate surface area is 114 Å². The lowest BCUT2D eigenvalue weighted by molar-refractivity contribution is 0.0946. The number of hydrogen-bond acceptors (Lipinski definition) is 4. The molecule has 0 aliphatic heterocycles. The third-order valence-electron chi connectivity index (χ3n) is 2.72. The maximum absolute atomic E-state index is 12.2. The van der Waals surface area contributed by atoms with Crippen LogP contribution < -0.4 is 14.8 Å². The molecule has 1 rings (SSSR count). The molecule has 5 heteroatoms. The first-order chi connectivity index (χ1) is 9.10. The number of hydrogen-bond donors (Lipinski definition) is 1. The minimum Gasteiger partial charge on any atom is -0.496 e. The van der Waals surface area contributed by atoms with E-state index >= 15 is 0 Å². The molecule has 0 atom stereocenters. The molecule has 1 aromatic rings. The number of methoxy groups -OCH3 is 2. The van der Waals surface area contributed by atoms with Gasteiger partial charge in [0, 0.05) is 6.54 Å². The van der Waals surface area contributed by atoms with Gasteiger partial charge in [-0.2, -0.15) is 0 Å². The van der Waals surface area contributed by atoms with Crippen molar-refractivity contribution in [2.45, 2.75) is 6.42 Å². The van der Waals surface area contributed by atoms with E-state index in [1.54, 1.807) is 18.2 Å². The summed E-state index contributed by atoms with van der Waals surface area (Å²) in [6, 6.07) is 5.29. The van der Waals surface area contributed by atoms with Crippen LogP contribution in [0.5, 0.6) is 11.5 Å². The van der Waals surface area contributed by atoms with Crippen molar-refractivity contribution in [2.75, 3.05) is 41.4 Å². The van der Waals surface area contributed by atoms with Crippen molar-refractivity contribution in [1.29, 1.82) is 0 Å². The highest BCUT2D eigenvalue weighted by atomic mass is 16.5. The van der Waals surface area contributed by atoms with E-state index in [0.717, 1.165) is 13.0 Å². The van der Waals surface area contributed by atoms with Crippen molar-refractivity contribution < 1.29 is 14.3 Å². The predicted molar refractivity (Wildman–Crippen MR) is 75.1 cm³/mol. The molecular weight excluding hydrogens is 244 g/mol. The highest BCUT2D eigenvalue weighted by molar-refractivity contribution is 5.99. The van der Waals surface area contributed by atoms with Gasteiger partial charge in [-0.25, -0.2) is 0 Å². The van der Waals surface area contributed by atoms with Gasteiger partial charge in [-0.1, -0.05) is 6.07 Å². The van der Waals surface area contributed by atoms with Gasteiger partial charge < -0.3 is 19.7 Å². The number of amides is 1. The molecule has 0 aromatic heterocycles. The lowest BCUT2D eigenvalue weighted by Crippen LogP contribution is -2.27. The zero-order valence-electron chi connectivity index (χ0n) is 12.0. The van der Waals surface area contributed by atoms with Crippen LogP contribution in [0.1, 0.15) is 16.8 Å². The van der Waals surface area contributed by atoms with E-state index in [2.05, 4.69) is 10.2 Å². The quantitative estimate of drug-likeness (QED) is 0.758. The van der Waals surface area contributed by atoms with E-state index in [1.165, 1.54) is 14.2 Å². The average Bonchev–Trinajstić information content (AvgIpc) is 2.42. The summed E-state index contributed by atoms with van der Waals surface area (Å²) in [7, 11) is 7.09. The van der Waals surface area contributed by atoms with Crippen LogP contribution in [0, 0.1) is 0 Å². The Morgan fingerprint density at radius 3 is 2.26 bits per heavy atom. The second-order valence-corrected chi connectivity index (χ2v) is 4.45. The monoisotopic (exact) mass is 266 g/mol. The van der Waals surface area contributed by atoms with Crippen LogP contribution in [0.2, 0.25) is 0 Å². The molecule has 0 heterocycles. The van der Waals surface area contributed by atoms with Crippen LogP contribution in [0.4, 0.5) is 0 Å². The summed E-state index contributed by atoms with van der Waals surface area (Å²) in [6.07, 6.45) is 0.899. The molecule has 0 aliphatic rings. The first-order valence-electron chi connectivity index (χ1n) is 6.24. The van der Waals surface area contributed by atoms with Gasteiger partial charge in [0.15, 0.2) is 0 Å². The molecule has 19 heavy (non-hydrogen) atoms. The van der Waals surface area contributed by atoms with Gasteiger partial charge in [0.05, 0.1) is 14.2 Å². The van der Waals surface area contributed by atoms with Crippen molar-refractivity contribution in [3.8, 4) is 11.5 Å². The molecule has 0 spiro atoms. The molecule has 0 aliphatic carbocycles. The van der Waals surface area contributed by atoms with Crippen molar-refractivity contribution in [3.63, 3.8) is 0 Å².